The number of rotatable bonds is 7. The van der Waals surface area contributed by atoms with Gasteiger partial charge in [0.15, 0.2) is 0 Å². The van der Waals surface area contributed by atoms with Gasteiger partial charge in [-0.05, 0) is 23.6 Å². The lowest BCUT2D eigenvalue weighted by Gasteiger charge is -2.08. The molecule has 0 spiro atoms. The molecule has 0 atom stereocenters. The Morgan fingerprint density at radius 3 is 2.78 bits per heavy atom. The highest BCUT2D eigenvalue weighted by atomic mass is 32.1. The van der Waals surface area contributed by atoms with Crippen LogP contribution in [0.3, 0.4) is 0 Å². The van der Waals surface area contributed by atoms with Crippen LogP contribution in [-0.2, 0) is 13.1 Å². The molecule has 0 amide bonds. The molecule has 0 saturated carbocycles. The number of hydrogen-bond acceptors (Lipinski definition) is 6. The second-order valence-electron chi connectivity index (χ2n) is 4.87. The number of thiazole rings is 1. The average Bonchev–Trinajstić information content (AvgIpc) is 3.26. The average molecular weight is 346 g/mol. The van der Waals surface area contributed by atoms with E-state index in [0.717, 1.165) is 40.0 Å². The van der Waals surface area contributed by atoms with E-state index in [9.17, 15) is 0 Å². The second-order valence-corrected chi connectivity index (χ2v) is 7.01. The molecule has 3 rings (SSSR count). The first-order valence-corrected chi connectivity index (χ1v) is 8.90. The number of nitrogens with one attached hydrogen (secondary N) is 1. The van der Waals surface area contributed by atoms with Crippen molar-refractivity contribution in [3.8, 4) is 21.9 Å². The van der Waals surface area contributed by atoms with E-state index in [1.165, 1.54) is 4.88 Å². The Bertz CT molecular complexity index is 754. The molecule has 0 aliphatic rings. The molecule has 0 unspecified atom stereocenters. The number of methoxy groups -OCH3 is 2. The van der Waals surface area contributed by atoms with E-state index in [1.54, 1.807) is 36.9 Å². The molecule has 0 aliphatic heterocycles. The molecule has 6 heteroatoms. The third-order valence-electron chi connectivity index (χ3n) is 3.38. The van der Waals surface area contributed by atoms with Crippen molar-refractivity contribution >= 4 is 22.7 Å². The topological polar surface area (TPSA) is 43.4 Å². The second kappa shape index (κ2) is 7.59. The van der Waals surface area contributed by atoms with E-state index in [2.05, 4.69) is 27.8 Å². The quantitative estimate of drug-likeness (QED) is 0.697. The fourth-order valence-electron chi connectivity index (χ4n) is 2.22. The molecule has 3 aromatic rings. The van der Waals surface area contributed by atoms with Crippen molar-refractivity contribution in [2.75, 3.05) is 14.2 Å². The van der Waals surface area contributed by atoms with E-state index >= 15 is 0 Å². The van der Waals surface area contributed by atoms with E-state index in [4.69, 9.17) is 9.47 Å². The molecule has 120 valence electrons. The molecule has 0 bridgehead atoms. The molecule has 1 N–H and O–H groups in total. The first-order valence-electron chi connectivity index (χ1n) is 7.20. The van der Waals surface area contributed by atoms with E-state index < -0.39 is 0 Å². The molecule has 0 fully saturated rings. The standard InChI is InChI=1S/C17H18N2O2S2/c1-20-12-5-6-14(15(8-12)21-2)16-10-19-17(23-16)11-18-9-13-4-3-7-22-13/h3-8,10,18H,9,11H2,1-2H3. The molecule has 1 aromatic carbocycles. The number of ether oxygens (including phenoxy) is 2. The summed E-state index contributed by atoms with van der Waals surface area (Å²) < 4.78 is 10.7. The third-order valence-corrected chi connectivity index (χ3v) is 5.29. The normalized spacial score (nSPS) is 10.7. The lowest BCUT2D eigenvalue weighted by Crippen LogP contribution is -2.11. The van der Waals surface area contributed by atoms with Crippen LogP contribution in [-0.4, -0.2) is 19.2 Å². The van der Waals surface area contributed by atoms with Crippen molar-refractivity contribution in [3.05, 3.63) is 51.8 Å². The van der Waals surface area contributed by atoms with Gasteiger partial charge in [-0.1, -0.05) is 6.07 Å². The van der Waals surface area contributed by atoms with Crippen LogP contribution in [0.25, 0.3) is 10.4 Å². The van der Waals surface area contributed by atoms with Crippen LogP contribution in [0.1, 0.15) is 9.88 Å². The van der Waals surface area contributed by atoms with Crippen molar-refractivity contribution in [3.63, 3.8) is 0 Å². The molecule has 0 saturated heterocycles. The summed E-state index contributed by atoms with van der Waals surface area (Å²) in [6, 6.07) is 10.0. The van der Waals surface area contributed by atoms with Crippen molar-refractivity contribution in [1.82, 2.24) is 10.3 Å². The Balaban J connectivity index is 1.69. The van der Waals surface area contributed by atoms with E-state index in [0.29, 0.717) is 0 Å². The summed E-state index contributed by atoms with van der Waals surface area (Å²) in [6.45, 7) is 1.64. The van der Waals surface area contributed by atoms with Gasteiger partial charge >= 0.3 is 0 Å². The Morgan fingerprint density at radius 1 is 1.13 bits per heavy atom. The monoisotopic (exact) mass is 346 g/mol. The fourth-order valence-corrected chi connectivity index (χ4v) is 3.82. The molecule has 2 heterocycles. The minimum absolute atomic E-state index is 0.765. The van der Waals surface area contributed by atoms with Crippen molar-refractivity contribution in [2.24, 2.45) is 0 Å². The van der Waals surface area contributed by atoms with Gasteiger partial charge in [0.1, 0.15) is 16.5 Å². The maximum atomic E-state index is 5.47. The van der Waals surface area contributed by atoms with E-state index in [1.807, 2.05) is 24.4 Å². The van der Waals surface area contributed by atoms with Gasteiger partial charge in [0.05, 0.1) is 19.1 Å². The SMILES string of the molecule is COc1ccc(-c2cnc(CNCc3cccs3)s2)c(OC)c1. The first-order chi connectivity index (χ1) is 11.3. The van der Waals surface area contributed by atoms with Gasteiger partial charge in [-0.3, -0.25) is 0 Å². The van der Waals surface area contributed by atoms with Gasteiger partial charge in [0.2, 0.25) is 0 Å². The molecule has 2 aromatic heterocycles. The van der Waals surface area contributed by atoms with Gasteiger partial charge in [0, 0.05) is 35.8 Å². The maximum Gasteiger partial charge on any atom is 0.131 e. The summed E-state index contributed by atoms with van der Waals surface area (Å²) in [5.74, 6) is 1.58. The smallest absolute Gasteiger partial charge is 0.131 e. The molecule has 0 radical (unpaired) electrons. The summed E-state index contributed by atoms with van der Waals surface area (Å²) >= 11 is 3.44. The van der Waals surface area contributed by atoms with Crippen LogP contribution >= 0.6 is 22.7 Å². The molecular weight excluding hydrogens is 328 g/mol. The molecule has 23 heavy (non-hydrogen) atoms. The molecular formula is C17H18N2O2S2. The highest BCUT2D eigenvalue weighted by Gasteiger charge is 2.11. The number of benzene rings is 1. The largest absolute Gasteiger partial charge is 0.497 e. The van der Waals surface area contributed by atoms with Gasteiger partial charge in [0.25, 0.3) is 0 Å². The zero-order valence-electron chi connectivity index (χ0n) is 13.0. The Morgan fingerprint density at radius 2 is 2.04 bits per heavy atom. The lowest BCUT2D eigenvalue weighted by atomic mass is 10.1. The molecule has 0 aliphatic carbocycles. The minimum Gasteiger partial charge on any atom is -0.497 e. The zero-order valence-corrected chi connectivity index (χ0v) is 14.7. The van der Waals surface area contributed by atoms with Gasteiger partial charge in [-0.25, -0.2) is 4.98 Å². The maximum absolute atomic E-state index is 5.47. The fraction of sp³-hybridized carbons (Fsp3) is 0.235. The molecule has 4 nitrogen and oxygen atoms in total. The highest BCUT2D eigenvalue weighted by Crippen LogP contribution is 2.36. The van der Waals surface area contributed by atoms with Crippen molar-refractivity contribution in [1.29, 1.82) is 0 Å². The van der Waals surface area contributed by atoms with Crippen LogP contribution in [0.4, 0.5) is 0 Å². The third kappa shape index (κ3) is 3.90. The lowest BCUT2D eigenvalue weighted by molar-refractivity contribution is 0.395. The minimum atomic E-state index is 0.765. The number of hydrogen-bond donors (Lipinski definition) is 1. The van der Waals surface area contributed by atoms with Gasteiger partial charge in [-0.2, -0.15) is 0 Å². The van der Waals surface area contributed by atoms with Crippen LogP contribution in [0.15, 0.2) is 41.9 Å². The number of aromatic nitrogens is 1. The van der Waals surface area contributed by atoms with Gasteiger partial charge < -0.3 is 14.8 Å². The van der Waals surface area contributed by atoms with Crippen molar-refractivity contribution < 1.29 is 9.47 Å². The summed E-state index contributed by atoms with van der Waals surface area (Å²) in [6.07, 6.45) is 1.90. The van der Waals surface area contributed by atoms with Crippen LogP contribution in [0, 0.1) is 0 Å². The van der Waals surface area contributed by atoms with Crippen molar-refractivity contribution in [2.45, 2.75) is 13.1 Å². The summed E-state index contributed by atoms with van der Waals surface area (Å²) in [5, 5.41) is 6.58. The summed E-state index contributed by atoms with van der Waals surface area (Å²) in [4.78, 5) is 6.93. The number of nitrogens with zero attached hydrogens (tertiary/aromatic N) is 1. The Kier molecular flexibility index (Phi) is 5.27. The predicted octanol–water partition coefficient (Wildman–Crippen LogP) is 4.18. The van der Waals surface area contributed by atoms with E-state index in [-0.39, 0.29) is 0 Å². The Labute approximate surface area is 143 Å². The Hall–Kier alpha value is -1.89. The zero-order chi connectivity index (χ0) is 16.1. The van der Waals surface area contributed by atoms with Crippen LogP contribution in [0.5, 0.6) is 11.5 Å². The summed E-state index contributed by atoms with van der Waals surface area (Å²) in [7, 11) is 3.32. The highest BCUT2D eigenvalue weighted by molar-refractivity contribution is 7.15. The summed E-state index contributed by atoms with van der Waals surface area (Å²) in [5.41, 5.74) is 1.04. The van der Waals surface area contributed by atoms with Gasteiger partial charge in [-0.15, -0.1) is 22.7 Å². The first kappa shape index (κ1) is 16.0. The van der Waals surface area contributed by atoms with Crippen LogP contribution in [0.2, 0.25) is 0 Å². The van der Waals surface area contributed by atoms with Crippen LogP contribution < -0.4 is 14.8 Å². The predicted molar refractivity (Wildman–Crippen MR) is 95.5 cm³/mol. The number of thiophene rings is 1.